The van der Waals surface area contributed by atoms with E-state index in [1.807, 2.05) is 0 Å². The molecule has 0 bridgehead atoms. The van der Waals surface area contributed by atoms with Gasteiger partial charge in [-0.05, 0) is 12.1 Å². The van der Waals surface area contributed by atoms with Gasteiger partial charge in [-0.25, -0.2) is 4.39 Å². The Morgan fingerprint density at radius 2 is 2.33 bits per heavy atom. The van der Waals surface area contributed by atoms with E-state index in [0.29, 0.717) is 23.9 Å². The average molecular weight is 252 g/mol. The maximum absolute atomic E-state index is 13.1. The van der Waals surface area contributed by atoms with Crippen LogP contribution in [0.5, 0.6) is 11.5 Å². The summed E-state index contributed by atoms with van der Waals surface area (Å²) in [6.45, 7) is 1.56. The predicted molar refractivity (Wildman–Crippen MR) is 62.6 cm³/mol. The number of halogens is 1. The molecule has 1 N–H and O–H groups in total. The van der Waals surface area contributed by atoms with E-state index in [1.54, 1.807) is 0 Å². The van der Waals surface area contributed by atoms with Crippen LogP contribution in [0.4, 0.5) is 4.39 Å². The lowest BCUT2D eigenvalue weighted by atomic mass is 10.2. The number of hydrogen-bond donors (Lipinski definition) is 1. The van der Waals surface area contributed by atoms with Gasteiger partial charge in [0.15, 0.2) is 23.9 Å². The number of nitrogens with one attached hydrogen (secondary N) is 1. The highest BCUT2D eigenvalue weighted by Gasteiger charge is 2.44. The van der Waals surface area contributed by atoms with Crippen LogP contribution in [0.1, 0.15) is 0 Å². The Morgan fingerprint density at radius 3 is 3.06 bits per heavy atom. The number of hydrogen-bond acceptors (Lipinski definition) is 5. The zero-order chi connectivity index (χ0) is 12.6. The normalized spacial score (nSPS) is 25.6. The predicted octanol–water partition coefficient (Wildman–Crippen LogP) is 0.941. The fourth-order valence-electron chi connectivity index (χ4n) is 2.03. The number of amidine groups is 1. The van der Waals surface area contributed by atoms with Gasteiger partial charge in [-0.1, -0.05) is 0 Å². The number of benzene rings is 1. The Bertz CT molecular complexity index is 506. The van der Waals surface area contributed by atoms with Crippen LogP contribution in [-0.2, 0) is 4.74 Å². The van der Waals surface area contributed by atoms with Gasteiger partial charge >= 0.3 is 5.79 Å². The summed E-state index contributed by atoms with van der Waals surface area (Å²) in [5, 5.41) is 3.11. The van der Waals surface area contributed by atoms with Crippen LogP contribution >= 0.6 is 0 Å². The van der Waals surface area contributed by atoms with Gasteiger partial charge in [0, 0.05) is 19.7 Å². The molecule has 3 rings (SSSR count). The van der Waals surface area contributed by atoms with E-state index in [9.17, 15) is 4.39 Å². The molecule has 1 aromatic rings. The van der Waals surface area contributed by atoms with Crippen molar-refractivity contribution in [3.63, 3.8) is 0 Å². The Morgan fingerprint density at radius 1 is 1.44 bits per heavy atom. The molecular formula is C12H13FN2O3. The van der Waals surface area contributed by atoms with Crippen molar-refractivity contribution in [3.8, 4) is 11.5 Å². The standard InChI is InChI=1S/C12H13FN2O3/c1-16-12(11-14-4-5-15-11)7-17-10-6-8(13)2-3-9(10)18-12/h2-3,6H,4-5,7H2,1H3,(H,14,15). The summed E-state index contributed by atoms with van der Waals surface area (Å²) in [6, 6.07) is 4.13. The molecule has 1 unspecified atom stereocenters. The molecule has 0 aliphatic carbocycles. The van der Waals surface area contributed by atoms with Crippen LogP contribution in [-0.4, -0.2) is 38.4 Å². The fraction of sp³-hybridized carbons (Fsp3) is 0.417. The van der Waals surface area contributed by atoms with Gasteiger partial charge in [0.05, 0.1) is 6.54 Å². The van der Waals surface area contributed by atoms with Crippen molar-refractivity contribution in [2.75, 3.05) is 26.8 Å². The number of ether oxygens (including phenoxy) is 3. The summed E-state index contributed by atoms with van der Waals surface area (Å²) in [6.07, 6.45) is 0. The molecule has 0 amide bonds. The minimum Gasteiger partial charge on any atom is -0.482 e. The molecule has 0 saturated heterocycles. The minimum atomic E-state index is -1.07. The monoisotopic (exact) mass is 252 g/mol. The molecule has 0 saturated carbocycles. The van der Waals surface area contributed by atoms with E-state index in [-0.39, 0.29) is 12.4 Å². The largest absolute Gasteiger partial charge is 0.482 e. The molecule has 0 radical (unpaired) electrons. The van der Waals surface area contributed by atoms with Crippen molar-refractivity contribution in [3.05, 3.63) is 24.0 Å². The maximum atomic E-state index is 13.1. The molecule has 5 nitrogen and oxygen atoms in total. The summed E-state index contributed by atoms with van der Waals surface area (Å²) in [7, 11) is 1.53. The topological polar surface area (TPSA) is 52.1 Å². The van der Waals surface area contributed by atoms with E-state index < -0.39 is 5.79 Å². The second kappa shape index (κ2) is 4.13. The Hall–Kier alpha value is -1.82. The zero-order valence-electron chi connectivity index (χ0n) is 9.90. The van der Waals surface area contributed by atoms with Gasteiger partial charge in [-0.15, -0.1) is 0 Å². The molecule has 0 aromatic heterocycles. The molecule has 6 heteroatoms. The van der Waals surface area contributed by atoms with Crippen molar-refractivity contribution < 1.29 is 18.6 Å². The van der Waals surface area contributed by atoms with Gasteiger partial charge in [0.2, 0.25) is 0 Å². The molecule has 2 heterocycles. The molecule has 1 aromatic carbocycles. The second-order valence-corrected chi connectivity index (χ2v) is 4.10. The summed E-state index contributed by atoms with van der Waals surface area (Å²) < 4.78 is 29.8. The lowest BCUT2D eigenvalue weighted by Crippen LogP contribution is -2.57. The number of aliphatic imine (C=N–C) groups is 1. The lowest BCUT2D eigenvalue weighted by Gasteiger charge is -2.36. The molecule has 96 valence electrons. The van der Waals surface area contributed by atoms with E-state index >= 15 is 0 Å². The zero-order valence-corrected chi connectivity index (χ0v) is 9.90. The number of methoxy groups -OCH3 is 1. The first-order valence-electron chi connectivity index (χ1n) is 5.69. The molecular weight excluding hydrogens is 239 g/mol. The SMILES string of the molecule is COC1(C2=NCCN2)COc2cc(F)ccc2O1. The molecule has 2 aliphatic rings. The van der Waals surface area contributed by atoms with Gasteiger partial charge in [-0.3, -0.25) is 4.99 Å². The average Bonchev–Trinajstić information content (AvgIpc) is 2.93. The Balaban J connectivity index is 1.94. The van der Waals surface area contributed by atoms with Gasteiger partial charge in [0.25, 0.3) is 0 Å². The third-order valence-electron chi connectivity index (χ3n) is 2.96. The summed E-state index contributed by atoms with van der Waals surface area (Å²) in [5.74, 6) is 0.00201. The summed E-state index contributed by atoms with van der Waals surface area (Å²) >= 11 is 0. The minimum absolute atomic E-state index is 0.131. The second-order valence-electron chi connectivity index (χ2n) is 4.10. The first kappa shape index (κ1) is 11.3. The highest BCUT2D eigenvalue weighted by Crippen LogP contribution is 2.36. The van der Waals surface area contributed by atoms with E-state index in [2.05, 4.69) is 10.3 Å². The van der Waals surface area contributed by atoms with Crippen molar-refractivity contribution >= 4 is 5.84 Å². The summed E-state index contributed by atoms with van der Waals surface area (Å²) in [5.41, 5.74) is 0. The van der Waals surface area contributed by atoms with Crippen LogP contribution in [0.3, 0.4) is 0 Å². The molecule has 0 spiro atoms. The fourth-order valence-corrected chi connectivity index (χ4v) is 2.03. The highest BCUT2D eigenvalue weighted by atomic mass is 19.1. The quantitative estimate of drug-likeness (QED) is 0.851. The maximum Gasteiger partial charge on any atom is 0.303 e. The lowest BCUT2D eigenvalue weighted by molar-refractivity contribution is -0.145. The first-order valence-corrected chi connectivity index (χ1v) is 5.69. The van der Waals surface area contributed by atoms with Crippen LogP contribution in [0, 0.1) is 5.82 Å². The van der Waals surface area contributed by atoms with Gasteiger partial charge in [-0.2, -0.15) is 0 Å². The van der Waals surface area contributed by atoms with Crippen molar-refractivity contribution in [1.29, 1.82) is 0 Å². The van der Waals surface area contributed by atoms with Crippen LogP contribution in [0.15, 0.2) is 23.2 Å². The number of nitrogens with zero attached hydrogens (tertiary/aromatic N) is 1. The molecule has 2 aliphatic heterocycles. The van der Waals surface area contributed by atoms with E-state index in [4.69, 9.17) is 14.2 Å². The van der Waals surface area contributed by atoms with Crippen LogP contribution in [0.25, 0.3) is 0 Å². The van der Waals surface area contributed by atoms with Gasteiger partial charge < -0.3 is 19.5 Å². The molecule has 18 heavy (non-hydrogen) atoms. The van der Waals surface area contributed by atoms with E-state index in [0.717, 1.165) is 6.54 Å². The van der Waals surface area contributed by atoms with Gasteiger partial charge in [0.1, 0.15) is 5.82 Å². The van der Waals surface area contributed by atoms with Crippen molar-refractivity contribution in [1.82, 2.24) is 5.32 Å². The third-order valence-corrected chi connectivity index (χ3v) is 2.96. The van der Waals surface area contributed by atoms with Crippen molar-refractivity contribution in [2.45, 2.75) is 5.79 Å². The molecule has 1 atom stereocenters. The summed E-state index contributed by atoms with van der Waals surface area (Å²) in [4.78, 5) is 4.29. The van der Waals surface area contributed by atoms with Crippen LogP contribution in [0.2, 0.25) is 0 Å². The third kappa shape index (κ3) is 1.69. The molecule has 0 fully saturated rings. The highest BCUT2D eigenvalue weighted by molar-refractivity contribution is 5.91. The van der Waals surface area contributed by atoms with Crippen molar-refractivity contribution in [2.24, 2.45) is 4.99 Å². The number of rotatable bonds is 2. The Labute approximate surface area is 104 Å². The first-order chi connectivity index (χ1) is 8.73. The Kier molecular flexibility index (Phi) is 2.59. The van der Waals surface area contributed by atoms with E-state index in [1.165, 1.54) is 25.3 Å². The van der Waals surface area contributed by atoms with Crippen LogP contribution < -0.4 is 14.8 Å². The smallest absolute Gasteiger partial charge is 0.303 e. The number of fused-ring (bicyclic) bond motifs is 1.